The summed E-state index contributed by atoms with van der Waals surface area (Å²) in [4.78, 5) is 25.8. The van der Waals surface area contributed by atoms with Gasteiger partial charge in [-0.3, -0.25) is 10.1 Å². The fourth-order valence-corrected chi connectivity index (χ4v) is 4.22. The van der Waals surface area contributed by atoms with Crippen molar-refractivity contribution < 1.29 is 4.79 Å². The average Bonchev–Trinajstić information content (AvgIpc) is 3.14. The van der Waals surface area contributed by atoms with Gasteiger partial charge in [-0.2, -0.15) is 5.26 Å². The molecule has 2 N–H and O–H groups in total. The van der Waals surface area contributed by atoms with Crippen LogP contribution in [0.1, 0.15) is 31.0 Å². The van der Waals surface area contributed by atoms with Crippen molar-refractivity contribution in [3.05, 3.63) is 47.5 Å². The molecule has 1 fully saturated rings. The lowest BCUT2D eigenvalue weighted by Gasteiger charge is -2.28. The van der Waals surface area contributed by atoms with E-state index >= 15 is 0 Å². The molecule has 3 heterocycles. The second kappa shape index (κ2) is 8.74. The van der Waals surface area contributed by atoms with Gasteiger partial charge in [-0.15, -0.1) is 0 Å². The van der Waals surface area contributed by atoms with Crippen LogP contribution in [0.5, 0.6) is 0 Å². The molecule has 1 aromatic heterocycles. The first-order valence-electron chi connectivity index (χ1n) is 10.6. The Morgan fingerprint density at radius 1 is 1.39 bits per heavy atom. The van der Waals surface area contributed by atoms with Gasteiger partial charge in [0.2, 0.25) is 11.9 Å². The Hall–Kier alpha value is -3.44. The van der Waals surface area contributed by atoms with E-state index in [-0.39, 0.29) is 17.8 Å². The van der Waals surface area contributed by atoms with Crippen LogP contribution >= 0.6 is 0 Å². The highest BCUT2D eigenvalue weighted by Gasteiger charge is 2.28. The Morgan fingerprint density at radius 2 is 2.19 bits per heavy atom. The van der Waals surface area contributed by atoms with Gasteiger partial charge in [0.05, 0.1) is 23.0 Å². The van der Waals surface area contributed by atoms with Crippen molar-refractivity contribution >= 4 is 28.8 Å². The SMILES string of the molecule is CCN1/C(=C(\C#N)c2nc(NC(=O)C3CCCN(C)C3)ncc2C)Nc2ccccc21. The fraction of sp³-hybridized carbons (Fsp3) is 0.391. The molecule has 2 aliphatic rings. The molecule has 1 amide bonds. The number of likely N-dealkylation sites (tertiary alicyclic amines) is 1. The first-order valence-corrected chi connectivity index (χ1v) is 10.6. The Balaban J connectivity index is 1.65. The third-order valence-electron chi connectivity index (χ3n) is 5.82. The summed E-state index contributed by atoms with van der Waals surface area (Å²) in [5.41, 5.74) is 3.68. The third-order valence-corrected chi connectivity index (χ3v) is 5.82. The minimum absolute atomic E-state index is 0.0749. The summed E-state index contributed by atoms with van der Waals surface area (Å²) in [6.45, 7) is 6.35. The van der Waals surface area contributed by atoms with Gasteiger partial charge >= 0.3 is 0 Å². The summed E-state index contributed by atoms with van der Waals surface area (Å²) in [5, 5.41) is 16.3. The van der Waals surface area contributed by atoms with Crippen LogP contribution in [0.2, 0.25) is 0 Å². The number of hydrogen-bond donors (Lipinski definition) is 2. The summed E-state index contributed by atoms with van der Waals surface area (Å²) in [7, 11) is 2.03. The van der Waals surface area contributed by atoms with Gasteiger partial charge < -0.3 is 15.1 Å². The van der Waals surface area contributed by atoms with Crippen molar-refractivity contribution in [1.82, 2.24) is 14.9 Å². The van der Waals surface area contributed by atoms with Crippen LogP contribution in [-0.4, -0.2) is 47.5 Å². The largest absolute Gasteiger partial charge is 0.339 e. The van der Waals surface area contributed by atoms with Gasteiger partial charge in [0.15, 0.2) is 0 Å². The average molecular weight is 418 g/mol. The molecule has 160 valence electrons. The number of amides is 1. The van der Waals surface area contributed by atoms with Gasteiger partial charge in [0.1, 0.15) is 17.5 Å². The lowest BCUT2D eigenvalue weighted by Crippen LogP contribution is -2.38. The molecule has 0 radical (unpaired) electrons. The summed E-state index contributed by atoms with van der Waals surface area (Å²) < 4.78 is 0. The standard InChI is InChI=1S/C23H27N7O/c1-4-30-19-10-6-5-9-18(19)26-21(30)17(12-24)20-15(2)13-25-23(27-20)28-22(31)16-8-7-11-29(3)14-16/h5-6,9-10,13,16,26H,4,7-8,11,14H2,1-3H3,(H,25,27,28,31)/b21-17+. The molecule has 1 unspecified atom stereocenters. The number of benzene rings is 1. The van der Waals surface area contributed by atoms with E-state index in [0.717, 1.165) is 42.9 Å². The smallest absolute Gasteiger partial charge is 0.231 e. The lowest BCUT2D eigenvalue weighted by atomic mass is 9.98. The highest BCUT2D eigenvalue weighted by Crippen LogP contribution is 2.38. The number of anilines is 3. The van der Waals surface area contributed by atoms with Crippen molar-refractivity contribution in [3.63, 3.8) is 0 Å². The monoisotopic (exact) mass is 417 g/mol. The van der Waals surface area contributed by atoms with Crippen molar-refractivity contribution in [2.45, 2.75) is 26.7 Å². The summed E-state index contributed by atoms with van der Waals surface area (Å²) in [6, 6.07) is 10.3. The van der Waals surface area contributed by atoms with Gasteiger partial charge in [0.25, 0.3) is 0 Å². The Morgan fingerprint density at radius 3 is 2.94 bits per heavy atom. The first kappa shape index (κ1) is 20.8. The van der Waals surface area contributed by atoms with E-state index < -0.39 is 0 Å². The number of nitrogens with zero attached hydrogens (tertiary/aromatic N) is 5. The number of piperidine rings is 1. The van der Waals surface area contributed by atoms with E-state index in [2.05, 4.69) is 36.5 Å². The van der Waals surface area contributed by atoms with Gasteiger partial charge in [-0.05, 0) is 58.0 Å². The number of para-hydroxylation sites is 2. The topological polar surface area (TPSA) is 97.2 Å². The van der Waals surface area contributed by atoms with Crippen LogP contribution < -0.4 is 15.5 Å². The minimum atomic E-state index is -0.0810. The number of rotatable bonds is 4. The molecule has 2 aliphatic heterocycles. The summed E-state index contributed by atoms with van der Waals surface area (Å²) in [6.07, 6.45) is 3.51. The van der Waals surface area contributed by atoms with Crippen molar-refractivity contribution in [2.75, 3.05) is 42.2 Å². The number of nitriles is 1. The zero-order valence-corrected chi connectivity index (χ0v) is 18.1. The number of hydrogen-bond acceptors (Lipinski definition) is 7. The molecular formula is C23H27N7O. The number of carbonyl (C=O) groups is 1. The first-order chi connectivity index (χ1) is 15.0. The molecule has 1 atom stereocenters. The molecule has 8 heteroatoms. The minimum Gasteiger partial charge on any atom is -0.339 e. The van der Waals surface area contributed by atoms with E-state index in [4.69, 9.17) is 0 Å². The zero-order chi connectivity index (χ0) is 22.0. The van der Waals surface area contributed by atoms with Gasteiger partial charge in [0, 0.05) is 19.3 Å². The van der Waals surface area contributed by atoms with Crippen molar-refractivity contribution in [2.24, 2.45) is 5.92 Å². The van der Waals surface area contributed by atoms with Crippen LogP contribution in [0, 0.1) is 24.2 Å². The molecule has 0 saturated carbocycles. The summed E-state index contributed by atoms with van der Waals surface area (Å²) >= 11 is 0. The normalized spacial score (nSPS) is 19.9. The predicted octanol–water partition coefficient (Wildman–Crippen LogP) is 3.21. The molecule has 0 aliphatic carbocycles. The lowest BCUT2D eigenvalue weighted by molar-refractivity contribution is -0.121. The van der Waals surface area contributed by atoms with E-state index in [0.29, 0.717) is 23.6 Å². The number of allylic oxidation sites excluding steroid dienone is 1. The Kier molecular flexibility index (Phi) is 5.87. The maximum absolute atomic E-state index is 12.7. The summed E-state index contributed by atoms with van der Waals surface area (Å²) in [5.74, 6) is 0.765. The van der Waals surface area contributed by atoms with Crippen molar-refractivity contribution in [1.29, 1.82) is 5.26 Å². The maximum Gasteiger partial charge on any atom is 0.231 e. The number of aromatic nitrogens is 2. The second-order valence-corrected chi connectivity index (χ2v) is 8.04. The second-order valence-electron chi connectivity index (χ2n) is 8.04. The van der Waals surface area contributed by atoms with E-state index in [1.165, 1.54) is 0 Å². The predicted molar refractivity (Wildman–Crippen MR) is 121 cm³/mol. The van der Waals surface area contributed by atoms with Gasteiger partial charge in [-0.25, -0.2) is 9.97 Å². The van der Waals surface area contributed by atoms with Crippen LogP contribution in [-0.2, 0) is 4.79 Å². The van der Waals surface area contributed by atoms with E-state index in [9.17, 15) is 10.1 Å². The molecule has 1 saturated heterocycles. The molecule has 2 aromatic rings. The molecule has 1 aromatic carbocycles. The zero-order valence-electron chi connectivity index (χ0n) is 18.1. The van der Waals surface area contributed by atoms with Gasteiger partial charge in [-0.1, -0.05) is 12.1 Å². The fourth-order valence-electron chi connectivity index (χ4n) is 4.22. The Labute approximate surface area is 182 Å². The van der Waals surface area contributed by atoms with Crippen LogP contribution in [0.25, 0.3) is 5.57 Å². The van der Waals surface area contributed by atoms with E-state index in [1.54, 1.807) is 6.20 Å². The highest BCUT2D eigenvalue weighted by molar-refractivity contribution is 5.93. The molecule has 0 spiro atoms. The van der Waals surface area contributed by atoms with E-state index in [1.807, 2.05) is 45.2 Å². The highest BCUT2D eigenvalue weighted by atomic mass is 16.2. The number of aryl methyl sites for hydroxylation is 1. The van der Waals surface area contributed by atoms with Crippen LogP contribution in [0.15, 0.2) is 36.3 Å². The van der Waals surface area contributed by atoms with Crippen LogP contribution in [0.3, 0.4) is 0 Å². The number of carbonyl (C=O) groups excluding carboxylic acids is 1. The van der Waals surface area contributed by atoms with Crippen LogP contribution in [0.4, 0.5) is 17.3 Å². The molecular weight excluding hydrogens is 390 g/mol. The molecule has 8 nitrogen and oxygen atoms in total. The number of nitrogens with one attached hydrogen (secondary N) is 2. The quantitative estimate of drug-likeness (QED) is 0.737. The maximum atomic E-state index is 12.7. The third kappa shape index (κ3) is 4.09. The Bertz CT molecular complexity index is 1070. The number of fused-ring (bicyclic) bond motifs is 1. The molecule has 4 rings (SSSR count). The molecule has 31 heavy (non-hydrogen) atoms. The molecule has 0 bridgehead atoms. The van der Waals surface area contributed by atoms with Crippen molar-refractivity contribution in [3.8, 4) is 6.07 Å².